The Labute approximate surface area is 166 Å². The van der Waals surface area contributed by atoms with Gasteiger partial charge in [0, 0.05) is 17.6 Å². The summed E-state index contributed by atoms with van der Waals surface area (Å²) in [7, 11) is 0. The second-order valence-corrected chi connectivity index (χ2v) is 7.35. The molecule has 146 valence electrons. The second-order valence-electron chi connectivity index (χ2n) is 6.44. The number of fused-ring (bicyclic) bond motifs is 1. The molecule has 3 heterocycles. The summed E-state index contributed by atoms with van der Waals surface area (Å²) in [6, 6.07) is 8.78. The Kier molecular flexibility index (Phi) is 5.21. The molecule has 2 aliphatic heterocycles. The van der Waals surface area contributed by atoms with Gasteiger partial charge in [-0.15, -0.1) is 11.3 Å². The van der Waals surface area contributed by atoms with Gasteiger partial charge in [0.15, 0.2) is 11.5 Å². The molecule has 2 aromatic rings. The Morgan fingerprint density at radius 1 is 1.25 bits per heavy atom. The Balaban J connectivity index is 1.65. The van der Waals surface area contributed by atoms with Crippen molar-refractivity contribution in [1.82, 2.24) is 16.0 Å². The lowest BCUT2D eigenvalue weighted by atomic mass is 9.98. The third-order valence-electron chi connectivity index (χ3n) is 4.64. The van der Waals surface area contributed by atoms with Crippen molar-refractivity contribution < 1.29 is 19.1 Å². The van der Waals surface area contributed by atoms with Gasteiger partial charge in [0.1, 0.15) is 19.3 Å². The fourth-order valence-electron chi connectivity index (χ4n) is 3.32. The normalized spacial score (nSPS) is 18.3. The van der Waals surface area contributed by atoms with Crippen molar-refractivity contribution in [3.63, 3.8) is 0 Å². The van der Waals surface area contributed by atoms with Crippen LogP contribution < -0.4 is 25.4 Å². The fourth-order valence-corrected chi connectivity index (χ4v) is 4.31. The molecule has 0 fully saturated rings. The number of hydrogen-bond donors (Lipinski definition) is 3. The molecule has 0 aliphatic carbocycles. The summed E-state index contributed by atoms with van der Waals surface area (Å²) < 4.78 is 11.4. The van der Waals surface area contributed by atoms with Crippen LogP contribution in [-0.4, -0.2) is 25.2 Å². The van der Waals surface area contributed by atoms with E-state index < -0.39 is 6.04 Å². The largest absolute Gasteiger partial charge is 0.485 e. The summed E-state index contributed by atoms with van der Waals surface area (Å²) in [5.74, 6) is 1.03. The quantitative estimate of drug-likeness (QED) is 0.721. The van der Waals surface area contributed by atoms with Crippen LogP contribution in [0.1, 0.15) is 29.8 Å². The van der Waals surface area contributed by atoms with E-state index in [9.17, 15) is 9.59 Å². The van der Waals surface area contributed by atoms with Crippen molar-refractivity contribution in [3.8, 4) is 11.5 Å². The first-order valence-corrected chi connectivity index (χ1v) is 10.0. The average molecular weight is 399 g/mol. The van der Waals surface area contributed by atoms with Crippen LogP contribution in [0.5, 0.6) is 11.5 Å². The first-order chi connectivity index (χ1) is 13.7. The predicted molar refractivity (Wildman–Crippen MR) is 105 cm³/mol. The van der Waals surface area contributed by atoms with E-state index in [1.54, 1.807) is 0 Å². The van der Waals surface area contributed by atoms with E-state index in [2.05, 4.69) is 16.0 Å². The number of benzene rings is 1. The SMILES string of the molecule is CCC1=C(C(=O)NCc2ccccc2)C(c2scc3c2OCCO3)NC(=O)N1. The number of allylic oxidation sites excluding steroid dienone is 1. The molecule has 3 N–H and O–H groups in total. The maximum absolute atomic E-state index is 13.1. The number of carbonyl (C=O) groups is 2. The van der Waals surface area contributed by atoms with E-state index in [0.29, 0.717) is 48.9 Å². The molecular weight excluding hydrogens is 378 g/mol. The zero-order valence-corrected chi connectivity index (χ0v) is 16.2. The molecule has 0 saturated carbocycles. The topological polar surface area (TPSA) is 88.7 Å². The minimum absolute atomic E-state index is 0.225. The first kappa shape index (κ1) is 18.4. The number of hydrogen-bond acceptors (Lipinski definition) is 5. The van der Waals surface area contributed by atoms with Crippen LogP contribution >= 0.6 is 11.3 Å². The highest BCUT2D eigenvalue weighted by Crippen LogP contribution is 2.45. The standard InChI is InChI=1S/C20H21N3O4S/c1-2-13-15(19(24)21-10-12-6-4-3-5-7-12)16(23-20(25)22-13)18-17-14(11-28-18)26-8-9-27-17/h3-7,11,16H,2,8-10H2,1H3,(H,21,24)(H2,22,23,25). The Morgan fingerprint density at radius 3 is 2.82 bits per heavy atom. The smallest absolute Gasteiger partial charge is 0.319 e. The summed E-state index contributed by atoms with van der Waals surface area (Å²) in [6.45, 7) is 3.24. The van der Waals surface area contributed by atoms with Gasteiger partial charge in [0.25, 0.3) is 5.91 Å². The van der Waals surface area contributed by atoms with Gasteiger partial charge < -0.3 is 25.4 Å². The third kappa shape index (κ3) is 3.55. The number of carbonyl (C=O) groups excluding carboxylic acids is 2. The van der Waals surface area contributed by atoms with Crippen molar-refractivity contribution >= 4 is 23.3 Å². The highest BCUT2D eigenvalue weighted by molar-refractivity contribution is 7.10. The van der Waals surface area contributed by atoms with E-state index >= 15 is 0 Å². The molecule has 7 nitrogen and oxygen atoms in total. The Bertz CT molecular complexity index is 923. The number of nitrogens with one attached hydrogen (secondary N) is 3. The van der Waals surface area contributed by atoms with E-state index in [1.807, 2.05) is 42.6 Å². The highest BCUT2D eigenvalue weighted by Gasteiger charge is 2.36. The molecule has 3 amide bonds. The monoisotopic (exact) mass is 399 g/mol. The molecule has 8 heteroatoms. The van der Waals surface area contributed by atoms with Crippen LogP contribution in [0, 0.1) is 0 Å². The maximum Gasteiger partial charge on any atom is 0.319 e. The molecule has 28 heavy (non-hydrogen) atoms. The van der Waals surface area contributed by atoms with Gasteiger partial charge in [-0.3, -0.25) is 4.79 Å². The van der Waals surface area contributed by atoms with E-state index in [0.717, 1.165) is 10.4 Å². The molecule has 1 aromatic heterocycles. The van der Waals surface area contributed by atoms with Gasteiger partial charge in [-0.2, -0.15) is 0 Å². The molecule has 0 spiro atoms. The van der Waals surface area contributed by atoms with E-state index in [4.69, 9.17) is 9.47 Å². The van der Waals surface area contributed by atoms with Crippen LogP contribution in [0.15, 0.2) is 47.0 Å². The zero-order valence-electron chi connectivity index (χ0n) is 15.4. The van der Waals surface area contributed by atoms with Crippen molar-refractivity contribution in [2.75, 3.05) is 13.2 Å². The maximum atomic E-state index is 13.1. The summed E-state index contributed by atoms with van der Waals surface area (Å²) >= 11 is 1.42. The number of amides is 3. The minimum atomic E-state index is -0.588. The number of thiophene rings is 1. The van der Waals surface area contributed by atoms with Gasteiger partial charge >= 0.3 is 6.03 Å². The third-order valence-corrected chi connectivity index (χ3v) is 5.64. The molecule has 0 bridgehead atoms. The summed E-state index contributed by atoms with van der Waals surface area (Å²) in [4.78, 5) is 26.1. The number of rotatable bonds is 5. The fraction of sp³-hybridized carbons (Fsp3) is 0.300. The van der Waals surface area contributed by atoms with Crippen molar-refractivity contribution in [1.29, 1.82) is 0 Å². The lowest BCUT2D eigenvalue weighted by Gasteiger charge is -2.29. The van der Waals surface area contributed by atoms with Crippen molar-refractivity contribution in [2.24, 2.45) is 0 Å². The Hall–Kier alpha value is -3.00. The molecule has 4 rings (SSSR count). The molecular formula is C20H21N3O4S. The lowest BCUT2D eigenvalue weighted by molar-refractivity contribution is -0.118. The van der Waals surface area contributed by atoms with Crippen LogP contribution in [0.25, 0.3) is 0 Å². The summed E-state index contributed by atoms with van der Waals surface area (Å²) in [5.41, 5.74) is 2.11. The number of ether oxygens (including phenoxy) is 2. The minimum Gasteiger partial charge on any atom is -0.485 e. The van der Waals surface area contributed by atoms with Crippen molar-refractivity contribution in [3.05, 3.63) is 57.4 Å². The van der Waals surface area contributed by atoms with Crippen molar-refractivity contribution in [2.45, 2.75) is 25.9 Å². The molecule has 2 aliphatic rings. The van der Waals surface area contributed by atoms with Crippen LogP contribution in [-0.2, 0) is 11.3 Å². The molecule has 1 aromatic carbocycles. The van der Waals surface area contributed by atoms with Crippen LogP contribution in [0.3, 0.4) is 0 Å². The van der Waals surface area contributed by atoms with Gasteiger partial charge in [-0.25, -0.2) is 4.79 Å². The zero-order chi connectivity index (χ0) is 19.5. The van der Waals surface area contributed by atoms with Gasteiger partial charge in [-0.05, 0) is 12.0 Å². The van der Waals surface area contributed by atoms with E-state index in [-0.39, 0.29) is 11.9 Å². The van der Waals surface area contributed by atoms with E-state index in [1.165, 1.54) is 11.3 Å². The average Bonchev–Trinajstić information content (AvgIpc) is 3.16. The summed E-state index contributed by atoms with van der Waals surface area (Å²) in [6.07, 6.45) is 0.531. The molecule has 1 atom stereocenters. The van der Waals surface area contributed by atoms with Gasteiger partial charge in [-0.1, -0.05) is 37.3 Å². The lowest BCUT2D eigenvalue weighted by Crippen LogP contribution is -2.47. The highest BCUT2D eigenvalue weighted by atomic mass is 32.1. The molecule has 1 unspecified atom stereocenters. The predicted octanol–water partition coefficient (Wildman–Crippen LogP) is 2.85. The van der Waals surface area contributed by atoms with Gasteiger partial charge in [0.05, 0.1) is 10.5 Å². The van der Waals surface area contributed by atoms with Crippen LogP contribution in [0.4, 0.5) is 4.79 Å². The first-order valence-electron chi connectivity index (χ1n) is 9.17. The summed E-state index contributed by atoms with van der Waals surface area (Å²) in [5, 5.41) is 10.5. The number of urea groups is 1. The molecule has 0 saturated heterocycles. The second kappa shape index (κ2) is 7.93. The van der Waals surface area contributed by atoms with Gasteiger partial charge in [0.2, 0.25) is 0 Å². The molecule has 0 radical (unpaired) electrons. The Morgan fingerprint density at radius 2 is 2.04 bits per heavy atom. The van der Waals surface area contributed by atoms with Crippen LogP contribution in [0.2, 0.25) is 0 Å².